The molecule has 0 saturated heterocycles. The number of hydrogen-bond donors (Lipinski definition) is 1. The normalized spacial score (nSPS) is 11.0. The van der Waals surface area contributed by atoms with Crippen LogP contribution in [0.15, 0.2) is 35.1 Å². The molecule has 6 heteroatoms. The molecule has 0 atom stereocenters. The topological polar surface area (TPSA) is 72.4 Å². The van der Waals surface area contributed by atoms with Crippen LogP contribution in [0.25, 0.3) is 10.2 Å². The lowest BCUT2D eigenvalue weighted by Crippen LogP contribution is -2.26. The van der Waals surface area contributed by atoms with E-state index in [2.05, 4.69) is 4.98 Å². The average molecular weight is 301 g/mol. The highest BCUT2D eigenvalue weighted by Crippen LogP contribution is 2.32. The molecule has 3 rings (SSSR count). The van der Waals surface area contributed by atoms with E-state index in [9.17, 15) is 4.79 Å². The molecule has 5 nitrogen and oxygen atoms in total. The SMILES string of the molecule is Cc1occc1CN(C)C(=O)c1sc2ncccc2c1N. The lowest BCUT2D eigenvalue weighted by Gasteiger charge is -2.16. The van der Waals surface area contributed by atoms with Gasteiger partial charge in [-0.3, -0.25) is 4.79 Å². The monoisotopic (exact) mass is 301 g/mol. The number of furan rings is 1. The minimum Gasteiger partial charge on any atom is -0.469 e. The first-order valence-electron chi connectivity index (χ1n) is 6.49. The van der Waals surface area contributed by atoms with E-state index >= 15 is 0 Å². The number of carbonyl (C=O) groups is 1. The lowest BCUT2D eigenvalue weighted by molar-refractivity contribution is 0.0790. The highest BCUT2D eigenvalue weighted by atomic mass is 32.1. The van der Waals surface area contributed by atoms with Crippen LogP contribution in [0.5, 0.6) is 0 Å². The molecule has 108 valence electrons. The second kappa shape index (κ2) is 5.21. The number of nitrogen functional groups attached to an aromatic ring is 1. The fourth-order valence-corrected chi connectivity index (χ4v) is 3.24. The summed E-state index contributed by atoms with van der Waals surface area (Å²) >= 11 is 1.33. The van der Waals surface area contributed by atoms with E-state index in [1.165, 1.54) is 11.3 Å². The predicted octanol–water partition coefficient (Wildman–Crippen LogP) is 3.05. The molecule has 0 spiro atoms. The molecule has 0 saturated carbocycles. The van der Waals surface area contributed by atoms with Gasteiger partial charge in [-0.2, -0.15) is 0 Å². The fourth-order valence-electron chi connectivity index (χ4n) is 2.19. The Hall–Kier alpha value is -2.34. The molecule has 0 aromatic carbocycles. The van der Waals surface area contributed by atoms with Gasteiger partial charge in [-0.1, -0.05) is 0 Å². The molecule has 3 heterocycles. The number of amides is 1. The van der Waals surface area contributed by atoms with E-state index in [-0.39, 0.29) is 5.91 Å². The zero-order chi connectivity index (χ0) is 15.0. The maximum Gasteiger partial charge on any atom is 0.266 e. The Bertz CT molecular complexity index is 806. The second-order valence-corrected chi connectivity index (χ2v) is 5.86. The molecular formula is C15H15N3O2S. The van der Waals surface area contributed by atoms with Crippen molar-refractivity contribution in [3.63, 3.8) is 0 Å². The van der Waals surface area contributed by atoms with Crippen LogP contribution in [0.4, 0.5) is 5.69 Å². The number of thiophene rings is 1. The van der Waals surface area contributed by atoms with Crippen molar-refractivity contribution in [3.8, 4) is 0 Å². The van der Waals surface area contributed by atoms with Crippen molar-refractivity contribution in [1.29, 1.82) is 0 Å². The Morgan fingerprint density at radius 2 is 2.29 bits per heavy atom. The van der Waals surface area contributed by atoms with Crippen LogP contribution < -0.4 is 5.73 Å². The summed E-state index contributed by atoms with van der Waals surface area (Å²) in [5, 5.41) is 0.832. The van der Waals surface area contributed by atoms with Crippen molar-refractivity contribution in [2.75, 3.05) is 12.8 Å². The summed E-state index contributed by atoms with van der Waals surface area (Å²) < 4.78 is 5.25. The second-order valence-electron chi connectivity index (χ2n) is 4.86. The Labute approximate surface area is 126 Å². The molecule has 3 aromatic heterocycles. The number of anilines is 1. The van der Waals surface area contributed by atoms with E-state index in [1.807, 2.05) is 25.1 Å². The van der Waals surface area contributed by atoms with Gasteiger partial charge in [-0.05, 0) is 25.1 Å². The van der Waals surface area contributed by atoms with Crippen LogP contribution in [0.3, 0.4) is 0 Å². The number of aromatic nitrogens is 1. The summed E-state index contributed by atoms with van der Waals surface area (Å²) in [5.74, 6) is 0.719. The van der Waals surface area contributed by atoms with Gasteiger partial charge in [0.15, 0.2) is 0 Å². The van der Waals surface area contributed by atoms with Gasteiger partial charge in [0.2, 0.25) is 0 Å². The summed E-state index contributed by atoms with van der Waals surface area (Å²) in [6.45, 7) is 2.37. The summed E-state index contributed by atoms with van der Waals surface area (Å²) in [4.78, 5) is 19.8. The first-order chi connectivity index (χ1) is 10.1. The van der Waals surface area contributed by atoms with Gasteiger partial charge < -0.3 is 15.1 Å². The van der Waals surface area contributed by atoms with Crippen molar-refractivity contribution in [2.24, 2.45) is 0 Å². The maximum atomic E-state index is 12.6. The summed E-state index contributed by atoms with van der Waals surface area (Å²) in [6, 6.07) is 5.57. The molecule has 0 aliphatic carbocycles. The molecule has 0 aliphatic rings. The van der Waals surface area contributed by atoms with Crippen molar-refractivity contribution in [3.05, 3.63) is 46.9 Å². The average Bonchev–Trinajstić information content (AvgIpc) is 3.03. The fraction of sp³-hybridized carbons (Fsp3) is 0.200. The summed E-state index contributed by atoms with van der Waals surface area (Å²) in [7, 11) is 1.76. The van der Waals surface area contributed by atoms with Gasteiger partial charge in [-0.25, -0.2) is 4.98 Å². The van der Waals surface area contributed by atoms with E-state index in [1.54, 1.807) is 24.4 Å². The molecule has 0 unspecified atom stereocenters. The van der Waals surface area contributed by atoms with Crippen molar-refractivity contribution < 1.29 is 9.21 Å². The Morgan fingerprint density at radius 1 is 1.48 bits per heavy atom. The third-order valence-electron chi connectivity index (χ3n) is 3.42. The van der Waals surface area contributed by atoms with Crippen LogP contribution in [-0.4, -0.2) is 22.8 Å². The van der Waals surface area contributed by atoms with E-state index in [0.29, 0.717) is 17.1 Å². The molecule has 0 bridgehead atoms. The zero-order valence-corrected chi connectivity index (χ0v) is 12.6. The molecular weight excluding hydrogens is 286 g/mol. The van der Waals surface area contributed by atoms with Crippen molar-refractivity contribution >= 4 is 33.1 Å². The first kappa shape index (κ1) is 13.6. The zero-order valence-electron chi connectivity index (χ0n) is 11.8. The third kappa shape index (κ3) is 2.38. The predicted molar refractivity (Wildman–Crippen MR) is 83.3 cm³/mol. The molecule has 3 aromatic rings. The minimum absolute atomic E-state index is 0.101. The van der Waals surface area contributed by atoms with E-state index in [0.717, 1.165) is 21.5 Å². The van der Waals surface area contributed by atoms with Crippen LogP contribution >= 0.6 is 11.3 Å². The molecule has 0 aliphatic heterocycles. The molecule has 2 N–H and O–H groups in total. The summed E-state index contributed by atoms with van der Waals surface area (Å²) in [6.07, 6.45) is 3.33. The summed E-state index contributed by atoms with van der Waals surface area (Å²) in [5.41, 5.74) is 7.58. The van der Waals surface area contributed by atoms with Gasteiger partial charge in [0.1, 0.15) is 15.5 Å². The highest BCUT2D eigenvalue weighted by Gasteiger charge is 2.21. The number of carbonyl (C=O) groups excluding carboxylic acids is 1. The Balaban J connectivity index is 1.89. The Morgan fingerprint density at radius 3 is 2.95 bits per heavy atom. The number of rotatable bonds is 3. The number of aryl methyl sites for hydroxylation is 1. The van der Waals surface area contributed by atoms with Crippen LogP contribution in [0.2, 0.25) is 0 Å². The van der Waals surface area contributed by atoms with Gasteiger partial charge in [0.25, 0.3) is 5.91 Å². The number of nitrogens with two attached hydrogens (primary N) is 1. The first-order valence-corrected chi connectivity index (χ1v) is 7.31. The quantitative estimate of drug-likeness (QED) is 0.807. The van der Waals surface area contributed by atoms with Crippen LogP contribution in [0.1, 0.15) is 21.0 Å². The van der Waals surface area contributed by atoms with Crippen LogP contribution in [0, 0.1) is 6.92 Å². The molecule has 21 heavy (non-hydrogen) atoms. The molecule has 0 radical (unpaired) electrons. The van der Waals surface area contributed by atoms with E-state index in [4.69, 9.17) is 10.2 Å². The minimum atomic E-state index is -0.101. The third-order valence-corrected chi connectivity index (χ3v) is 4.54. The largest absolute Gasteiger partial charge is 0.469 e. The maximum absolute atomic E-state index is 12.6. The van der Waals surface area contributed by atoms with Crippen LogP contribution in [-0.2, 0) is 6.54 Å². The van der Waals surface area contributed by atoms with Gasteiger partial charge in [-0.15, -0.1) is 11.3 Å². The molecule has 0 fully saturated rings. The lowest BCUT2D eigenvalue weighted by atomic mass is 10.2. The highest BCUT2D eigenvalue weighted by molar-refractivity contribution is 7.21. The Kier molecular flexibility index (Phi) is 3.39. The molecule has 1 amide bonds. The van der Waals surface area contributed by atoms with Crippen molar-refractivity contribution in [2.45, 2.75) is 13.5 Å². The van der Waals surface area contributed by atoms with Crippen molar-refractivity contribution in [1.82, 2.24) is 9.88 Å². The number of nitrogens with zero attached hydrogens (tertiary/aromatic N) is 2. The van der Waals surface area contributed by atoms with E-state index < -0.39 is 0 Å². The number of fused-ring (bicyclic) bond motifs is 1. The van der Waals surface area contributed by atoms with Gasteiger partial charge >= 0.3 is 0 Å². The smallest absolute Gasteiger partial charge is 0.266 e. The standard InChI is InChI=1S/C15H15N3O2S/c1-9-10(5-7-20-9)8-18(2)15(19)13-12(16)11-4-3-6-17-14(11)21-13/h3-7H,8,16H2,1-2H3. The number of hydrogen-bond acceptors (Lipinski definition) is 5. The van der Waals surface area contributed by atoms with Gasteiger partial charge in [0, 0.05) is 30.7 Å². The number of pyridine rings is 1. The van der Waals surface area contributed by atoms with Gasteiger partial charge in [0.05, 0.1) is 12.0 Å².